The van der Waals surface area contributed by atoms with Gasteiger partial charge < -0.3 is 14.6 Å². The minimum Gasteiger partial charge on any atom is -0.497 e. The maximum atomic E-state index is 13.1. The number of carbonyl (C=O) groups excluding carboxylic acids is 1. The first-order valence-corrected chi connectivity index (χ1v) is 8.38. The van der Waals surface area contributed by atoms with Gasteiger partial charge in [-0.1, -0.05) is 6.92 Å². The van der Waals surface area contributed by atoms with Gasteiger partial charge in [0.15, 0.2) is 0 Å². The second kappa shape index (κ2) is 5.91. The Morgan fingerprint density at radius 2 is 2.17 bits per heavy atom. The standard InChI is InChI=1S/C19H26N2O2/c1-13-6-5-9-21(12-13)18(22)19(2,3)16-11-20-17-8-7-14(23-4)10-15(16)17/h7-8,10-11,13,20H,5-6,9,12H2,1-4H3. The first-order valence-electron chi connectivity index (χ1n) is 8.38. The summed E-state index contributed by atoms with van der Waals surface area (Å²) in [6.45, 7) is 8.02. The molecular formula is C19H26N2O2. The number of aromatic nitrogens is 1. The molecule has 4 heteroatoms. The van der Waals surface area contributed by atoms with E-state index in [1.807, 2.05) is 43.1 Å². The van der Waals surface area contributed by atoms with Crippen LogP contribution in [0.3, 0.4) is 0 Å². The van der Waals surface area contributed by atoms with Crippen LogP contribution in [0.15, 0.2) is 24.4 Å². The summed E-state index contributed by atoms with van der Waals surface area (Å²) in [4.78, 5) is 18.5. The van der Waals surface area contributed by atoms with Crippen molar-refractivity contribution in [3.8, 4) is 5.75 Å². The van der Waals surface area contributed by atoms with Gasteiger partial charge in [-0.05, 0) is 56.4 Å². The molecule has 3 rings (SSSR count). The molecule has 0 bridgehead atoms. The number of hydrogen-bond donors (Lipinski definition) is 1. The van der Waals surface area contributed by atoms with Crippen molar-refractivity contribution in [1.82, 2.24) is 9.88 Å². The number of piperidine rings is 1. The molecule has 1 N–H and O–H groups in total. The predicted octanol–water partition coefficient (Wildman–Crippen LogP) is 3.71. The zero-order valence-corrected chi connectivity index (χ0v) is 14.5. The molecule has 2 aromatic rings. The Balaban J connectivity index is 1.96. The minimum absolute atomic E-state index is 0.216. The number of likely N-dealkylation sites (tertiary alicyclic amines) is 1. The second-order valence-electron chi connectivity index (χ2n) is 7.24. The van der Waals surface area contributed by atoms with Gasteiger partial charge in [-0.3, -0.25) is 4.79 Å². The first-order chi connectivity index (χ1) is 10.9. The normalized spacial score (nSPS) is 19.1. The van der Waals surface area contributed by atoms with Crippen molar-refractivity contribution in [2.75, 3.05) is 20.2 Å². The van der Waals surface area contributed by atoms with Crippen molar-refractivity contribution < 1.29 is 9.53 Å². The van der Waals surface area contributed by atoms with Gasteiger partial charge in [0.05, 0.1) is 12.5 Å². The number of carbonyl (C=O) groups is 1. The molecule has 0 aliphatic carbocycles. The molecule has 124 valence electrons. The maximum Gasteiger partial charge on any atom is 0.232 e. The highest BCUT2D eigenvalue weighted by molar-refractivity contribution is 5.95. The van der Waals surface area contributed by atoms with Crippen LogP contribution in [-0.4, -0.2) is 36.0 Å². The maximum absolute atomic E-state index is 13.1. The van der Waals surface area contributed by atoms with Gasteiger partial charge in [0.1, 0.15) is 5.75 Å². The van der Waals surface area contributed by atoms with Crippen LogP contribution in [0.2, 0.25) is 0 Å². The van der Waals surface area contributed by atoms with E-state index in [4.69, 9.17) is 4.74 Å². The minimum atomic E-state index is -0.554. The molecule has 23 heavy (non-hydrogen) atoms. The summed E-state index contributed by atoms with van der Waals surface area (Å²) >= 11 is 0. The SMILES string of the molecule is COc1ccc2[nH]cc(C(C)(C)C(=O)N3CCCC(C)C3)c2c1. The first kappa shape index (κ1) is 15.9. The summed E-state index contributed by atoms with van der Waals surface area (Å²) in [5, 5.41) is 1.06. The number of H-pyrrole nitrogens is 1. The fourth-order valence-corrected chi connectivity index (χ4v) is 3.63. The van der Waals surface area contributed by atoms with E-state index in [9.17, 15) is 4.79 Å². The Kier molecular flexibility index (Phi) is 4.09. The van der Waals surface area contributed by atoms with E-state index in [0.717, 1.165) is 41.7 Å². The molecule has 1 aromatic heterocycles. The molecule has 1 saturated heterocycles. The van der Waals surface area contributed by atoms with Crippen LogP contribution in [-0.2, 0) is 10.2 Å². The topological polar surface area (TPSA) is 45.3 Å². The molecule has 4 nitrogen and oxygen atoms in total. The third-order valence-corrected chi connectivity index (χ3v) is 5.04. The molecule has 0 radical (unpaired) electrons. The molecule has 1 amide bonds. The predicted molar refractivity (Wildman–Crippen MR) is 92.9 cm³/mol. The van der Waals surface area contributed by atoms with Crippen LogP contribution in [0.25, 0.3) is 10.9 Å². The summed E-state index contributed by atoms with van der Waals surface area (Å²) in [5.41, 5.74) is 1.52. The number of aromatic amines is 1. The summed E-state index contributed by atoms with van der Waals surface area (Å²) in [7, 11) is 1.67. The van der Waals surface area contributed by atoms with Gasteiger partial charge in [-0.15, -0.1) is 0 Å². The lowest BCUT2D eigenvalue weighted by Gasteiger charge is -2.36. The monoisotopic (exact) mass is 314 g/mol. The molecule has 0 saturated carbocycles. The van der Waals surface area contributed by atoms with Gasteiger partial charge >= 0.3 is 0 Å². The van der Waals surface area contributed by atoms with Gasteiger partial charge in [-0.2, -0.15) is 0 Å². The van der Waals surface area contributed by atoms with Gasteiger partial charge in [0.2, 0.25) is 5.91 Å². The molecule has 1 aliphatic rings. The highest BCUT2D eigenvalue weighted by atomic mass is 16.5. The number of nitrogens with one attached hydrogen (secondary N) is 1. The van der Waals surface area contributed by atoms with E-state index in [2.05, 4.69) is 11.9 Å². The molecule has 1 aliphatic heterocycles. The summed E-state index contributed by atoms with van der Waals surface area (Å²) in [6.07, 6.45) is 4.29. The van der Waals surface area contributed by atoms with Gasteiger partial charge in [0.25, 0.3) is 0 Å². The van der Waals surface area contributed by atoms with Crippen molar-refractivity contribution in [3.63, 3.8) is 0 Å². The van der Waals surface area contributed by atoms with Crippen LogP contribution >= 0.6 is 0 Å². The average Bonchev–Trinajstić information content (AvgIpc) is 2.97. The van der Waals surface area contributed by atoms with Crippen molar-refractivity contribution >= 4 is 16.8 Å². The number of ether oxygens (including phenoxy) is 1. The lowest BCUT2D eigenvalue weighted by Crippen LogP contribution is -2.47. The number of nitrogens with zero attached hydrogens (tertiary/aromatic N) is 1. The molecule has 1 unspecified atom stereocenters. The van der Waals surface area contributed by atoms with Crippen molar-refractivity contribution in [2.24, 2.45) is 5.92 Å². The number of benzene rings is 1. The van der Waals surface area contributed by atoms with E-state index in [-0.39, 0.29) is 5.91 Å². The number of amides is 1. The highest BCUT2D eigenvalue weighted by Gasteiger charge is 2.37. The van der Waals surface area contributed by atoms with Crippen LogP contribution in [0.5, 0.6) is 5.75 Å². The average molecular weight is 314 g/mol. The molecule has 1 aromatic carbocycles. The Hall–Kier alpha value is -1.97. The molecule has 2 heterocycles. The van der Waals surface area contributed by atoms with Crippen LogP contribution in [0.4, 0.5) is 0 Å². The van der Waals surface area contributed by atoms with Crippen LogP contribution < -0.4 is 4.74 Å². The lowest BCUT2D eigenvalue weighted by molar-refractivity contribution is -0.138. The third kappa shape index (κ3) is 2.82. The highest BCUT2D eigenvalue weighted by Crippen LogP contribution is 2.34. The van der Waals surface area contributed by atoms with E-state index in [1.165, 1.54) is 6.42 Å². The zero-order valence-electron chi connectivity index (χ0n) is 14.5. The smallest absolute Gasteiger partial charge is 0.232 e. The fourth-order valence-electron chi connectivity index (χ4n) is 3.63. The number of methoxy groups -OCH3 is 1. The van der Waals surface area contributed by atoms with Crippen molar-refractivity contribution in [3.05, 3.63) is 30.0 Å². The van der Waals surface area contributed by atoms with E-state index >= 15 is 0 Å². The quantitative estimate of drug-likeness (QED) is 0.938. The lowest BCUT2D eigenvalue weighted by atomic mass is 9.82. The Morgan fingerprint density at radius 3 is 2.87 bits per heavy atom. The summed E-state index contributed by atoms with van der Waals surface area (Å²) in [5.74, 6) is 1.62. The molecular weight excluding hydrogens is 288 g/mol. The fraction of sp³-hybridized carbons (Fsp3) is 0.526. The second-order valence-corrected chi connectivity index (χ2v) is 7.24. The summed E-state index contributed by atoms with van der Waals surface area (Å²) in [6, 6.07) is 5.94. The van der Waals surface area contributed by atoms with Crippen LogP contribution in [0, 0.1) is 5.92 Å². The van der Waals surface area contributed by atoms with E-state index in [1.54, 1.807) is 7.11 Å². The number of rotatable bonds is 3. The van der Waals surface area contributed by atoms with Gasteiger partial charge in [-0.25, -0.2) is 0 Å². The Labute approximate surface area is 137 Å². The summed E-state index contributed by atoms with van der Waals surface area (Å²) < 4.78 is 5.34. The van der Waals surface area contributed by atoms with Crippen LogP contribution in [0.1, 0.15) is 39.2 Å². The third-order valence-electron chi connectivity index (χ3n) is 5.04. The largest absolute Gasteiger partial charge is 0.497 e. The number of fused-ring (bicyclic) bond motifs is 1. The van der Waals surface area contributed by atoms with Gasteiger partial charge in [0, 0.05) is 30.2 Å². The Morgan fingerprint density at radius 1 is 1.39 bits per heavy atom. The molecule has 1 fully saturated rings. The van der Waals surface area contributed by atoms with E-state index < -0.39 is 5.41 Å². The number of hydrogen-bond acceptors (Lipinski definition) is 2. The zero-order chi connectivity index (χ0) is 16.6. The molecule has 0 spiro atoms. The van der Waals surface area contributed by atoms with Crippen molar-refractivity contribution in [2.45, 2.75) is 39.0 Å². The van der Waals surface area contributed by atoms with E-state index in [0.29, 0.717) is 5.92 Å². The van der Waals surface area contributed by atoms with Crippen molar-refractivity contribution in [1.29, 1.82) is 0 Å². The molecule has 1 atom stereocenters. The Bertz CT molecular complexity index is 717.